The Bertz CT molecular complexity index is 634. The second kappa shape index (κ2) is 6.35. The Morgan fingerprint density at radius 1 is 1.29 bits per heavy atom. The monoisotopic (exact) mass is 302 g/mol. The predicted molar refractivity (Wildman–Crippen MR) is 83.9 cm³/mol. The largest absolute Gasteiger partial charge is 0.338 e. The van der Waals surface area contributed by atoms with Gasteiger partial charge in [-0.05, 0) is 55.7 Å². The Hall–Kier alpha value is -1.75. The number of nitrogens with one attached hydrogen (secondary N) is 1. The fourth-order valence-corrected chi connectivity index (χ4v) is 3.20. The van der Waals surface area contributed by atoms with Crippen LogP contribution in [-0.2, 0) is 12.8 Å². The van der Waals surface area contributed by atoms with Gasteiger partial charge in [0, 0.05) is 16.0 Å². The van der Waals surface area contributed by atoms with Gasteiger partial charge in [0.2, 0.25) is 5.88 Å². The molecule has 1 aromatic carbocycles. The molecule has 110 valence electrons. The molecule has 0 saturated carbocycles. The molecule has 0 aliphatic heterocycles. The van der Waals surface area contributed by atoms with Crippen LogP contribution in [0.15, 0.2) is 33.7 Å². The third kappa shape index (κ3) is 3.13. The van der Waals surface area contributed by atoms with E-state index in [-0.39, 0.29) is 5.91 Å². The van der Waals surface area contributed by atoms with E-state index in [9.17, 15) is 4.79 Å². The Morgan fingerprint density at radius 2 is 2.05 bits per heavy atom. The van der Waals surface area contributed by atoms with Gasteiger partial charge < -0.3 is 4.52 Å². The lowest BCUT2D eigenvalue weighted by Crippen LogP contribution is -2.13. The van der Waals surface area contributed by atoms with E-state index >= 15 is 0 Å². The van der Waals surface area contributed by atoms with Gasteiger partial charge in [-0.3, -0.25) is 10.1 Å². The summed E-state index contributed by atoms with van der Waals surface area (Å²) in [5, 5.41) is 6.89. The molecule has 0 unspecified atom stereocenters. The third-order valence-electron chi connectivity index (χ3n) is 3.61. The number of hydrogen-bond acceptors (Lipinski definition) is 4. The first-order valence-corrected chi connectivity index (χ1v) is 8.28. The van der Waals surface area contributed by atoms with Crippen LogP contribution in [0.4, 0.5) is 5.88 Å². The maximum atomic E-state index is 12.3. The summed E-state index contributed by atoms with van der Waals surface area (Å²) in [6.45, 7) is 2.11. The molecule has 21 heavy (non-hydrogen) atoms. The predicted octanol–water partition coefficient (Wildman–Crippen LogP) is 3.92. The van der Waals surface area contributed by atoms with Crippen molar-refractivity contribution in [2.45, 2.75) is 37.5 Å². The number of benzene rings is 1. The molecule has 2 aromatic rings. The fraction of sp³-hybridized carbons (Fsp3) is 0.375. The second-order valence-corrected chi connectivity index (χ2v) is 6.39. The number of thioether (sulfide) groups is 1. The molecule has 1 amide bonds. The average Bonchev–Trinajstić information content (AvgIpc) is 2.92. The molecule has 1 aromatic heterocycles. The van der Waals surface area contributed by atoms with Gasteiger partial charge in [0.25, 0.3) is 5.91 Å². The summed E-state index contributed by atoms with van der Waals surface area (Å²) in [6.07, 6.45) is 4.14. The highest BCUT2D eigenvalue weighted by Crippen LogP contribution is 2.28. The van der Waals surface area contributed by atoms with Gasteiger partial charge in [-0.2, -0.15) is 0 Å². The number of hydrogen-bond donors (Lipinski definition) is 1. The minimum Gasteiger partial charge on any atom is -0.338 e. The lowest BCUT2D eigenvalue weighted by atomic mass is 9.97. The highest BCUT2D eigenvalue weighted by Gasteiger charge is 2.21. The Kier molecular flexibility index (Phi) is 4.29. The van der Waals surface area contributed by atoms with Gasteiger partial charge in [0.05, 0.1) is 5.69 Å². The molecule has 1 heterocycles. The molecule has 0 atom stereocenters. The molecule has 5 heteroatoms. The first kappa shape index (κ1) is 14.2. The lowest BCUT2D eigenvalue weighted by Gasteiger charge is -2.09. The smallest absolute Gasteiger partial charge is 0.258 e. The van der Waals surface area contributed by atoms with Crippen LogP contribution < -0.4 is 5.32 Å². The summed E-state index contributed by atoms with van der Waals surface area (Å²) in [5.74, 6) is 1.39. The molecule has 0 bridgehead atoms. The van der Waals surface area contributed by atoms with E-state index in [4.69, 9.17) is 4.52 Å². The Morgan fingerprint density at radius 3 is 2.81 bits per heavy atom. The number of aryl methyl sites for hydroxylation is 1. The van der Waals surface area contributed by atoms with Crippen molar-refractivity contribution in [2.75, 3.05) is 11.1 Å². The molecule has 0 saturated heterocycles. The van der Waals surface area contributed by atoms with Crippen molar-refractivity contribution >= 4 is 23.6 Å². The van der Waals surface area contributed by atoms with Crippen LogP contribution in [-0.4, -0.2) is 16.8 Å². The quantitative estimate of drug-likeness (QED) is 0.870. The molecule has 0 spiro atoms. The number of aromatic nitrogens is 1. The molecular formula is C16H18N2O2S. The average molecular weight is 302 g/mol. The summed E-state index contributed by atoms with van der Waals surface area (Å²) in [5.41, 5.74) is 2.69. The van der Waals surface area contributed by atoms with Gasteiger partial charge in [-0.1, -0.05) is 12.1 Å². The molecule has 3 rings (SSSR count). The Labute approximate surface area is 128 Å². The number of anilines is 1. The van der Waals surface area contributed by atoms with Crippen molar-refractivity contribution in [3.8, 4) is 0 Å². The van der Waals surface area contributed by atoms with Crippen molar-refractivity contribution in [1.29, 1.82) is 0 Å². The summed E-state index contributed by atoms with van der Waals surface area (Å²) >= 11 is 1.76. The molecular weight excluding hydrogens is 284 g/mol. The zero-order valence-electron chi connectivity index (χ0n) is 12.0. The minimum atomic E-state index is -0.146. The van der Waals surface area contributed by atoms with E-state index in [1.54, 1.807) is 11.8 Å². The maximum Gasteiger partial charge on any atom is 0.258 e. The summed E-state index contributed by atoms with van der Waals surface area (Å²) in [7, 11) is 0. The van der Waals surface area contributed by atoms with Crippen LogP contribution >= 0.6 is 11.8 Å². The van der Waals surface area contributed by atoms with E-state index in [0.29, 0.717) is 11.4 Å². The summed E-state index contributed by atoms with van der Waals surface area (Å²) in [4.78, 5) is 13.4. The van der Waals surface area contributed by atoms with Crippen molar-refractivity contribution < 1.29 is 9.32 Å². The maximum absolute atomic E-state index is 12.3. The van der Waals surface area contributed by atoms with E-state index in [0.717, 1.165) is 42.7 Å². The number of nitrogens with zero attached hydrogens (tertiary/aromatic N) is 1. The molecule has 0 radical (unpaired) electrons. The number of rotatable bonds is 4. The van der Waals surface area contributed by atoms with Crippen molar-refractivity contribution in [3.63, 3.8) is 0 Å². The number of carbonyl (C=O) groups is 1. The minimum absolute atomic E-state index is 0.146. The zero-order valence-corrected chi connectivity index (χ0v) is 12.8. The standard InChI is InChI=1S/C16H18N2O2S/c1-2-21-12-9-7-11(8-10-12)15(19)17-16-13-5-3-4-6-14(13)18-20-16/h7-10H,2-6H2,1H3,(H,17,19). The van der Waals surface area contributed by atoms with Gasteiger partial charge in [-0.25, -0.2) is 0 Å². The second-order valence-electron chi connectivity index (χ2n) is 5.06. The van der Waals surface area contributed by atoms with E-state index in [1.807, 2.05) is 24.3 Å². The normalized spacial score (nSPS) is 13.8. The number of amides is 1. The fourth-order valence-electron chi connectivity index (χ4n) is 2.53. The van der Waals surface area contributed by atoms with Crippen molar-refractivity contribution in [2.24, 2.45) is 0 Å². The highest BCUT2D eigenvalue weighted by atomic mass is 32.2. The highest BCUT2D eigenvalue weighted by molar-refractivity contribution is 7.99. The van der Waals surface area contributed by atoms with Crippen LogP contribution in [0, 0.1) is 0 Å². The Balaban J connectivity index is 1.72. The topological polar surface area (TPSA) is 55.1 Å². The van der Waals surface area contributed by atoms with Crippen LogP contribution in [0.5, 0.6) is 0 Å². The zero-order chi connectivity index (χ0) is 14.7. The van der Waals surface area contributed by atoms with Crippen LogP contribution in [0.1, 0.15) is 41.4 Å². The van der Waals surface area contributed by atoms with E-state index in [2.05, 4.69) is 17.4 Å². The first-order valence-electron chi connectivity index (χ1n) is 7.29. The molecule has 1 aliphatic carbocycles. The third-order valence-corrected chi connectivity index (χ3v) is 4.51. The lowest BCUT2D eigenvalue weighted by molar-refractivity contribution is 0.102. The van der Waals surface area contributed by atoms with Crippen LogP contribution in [0.3, 0.4) is 0 Å². The van der Waals surface area contributed by atoms with E-state index in [1.165, 1.54) is 4.90 Å². The van der Waals surface area contributed by atoms with Crippen molar-refractivity contribution in [3.05, 3.63) is 41.1 Å². The van der Waals surface area contributed by atoms with E-state index < -0.39 is 0 Å². The van der Waals surface area contributed by atoms with Gasteiger partial charge in [-0.15, -0.1) is 11.8 Å². The van der Waals surface area contributed by atoms with Gasteiger partial charge >= 0.3 is 0 Å². The van der Waals surface area contributed by atoms with Gasteiger partial charge in [0.1, 0.15) is 0 Å². The summed E-state index contributed by atoms with van der Waals surface area (Å²) < 4.78 is 5.29. The summed E-state index contributed by atoms with van der Waals surface area (Å²) in [6, 6.07) is 7.63. The first-order chi connectivity index (χ1) is 10.3. The SMILES string of the molecule is CCSc1ccc(C(=O)Nc2onc3c2CCCC3)cc1. The van der Waals surface area contributed by atoms with Crippen molar-refractivity contribution in [1.82, 2.24) is 5.16 Å². The van der Waals surface area contributed by atoms with Gasteiger partial charge in [0.15, 0.2) is 0 Å². The molecule has 0 fully saturated rings. The molecule has 1 aliphatic rings. The molecule has 1 N–H and O–H groups in total. The number of carbonyl (C=O) groups excluding carboxylic acids is 1. The van der Waals surface area contributed by atoms with Crippen LogP contribution in [0.2, 0.25) is 0 Å². The van der Waals surface area contributed by atoms with Crippen LogP contribution in [0.25, 0.3) is 0 Å². The molecule has 4 nitrogen and oxygen atoms in total. The number of fused-ring (bicyclic) bond motifs is 1.